The van der Waals surface area contributed by atoms with E-state index in [-0.39, 0.29) is 23.8 Å². The quantitative estimate of drug-likeness (QED) is 0.752. The van der Waals surface area contributed by atoms with Crippen LogP contribution < -0.4 is 10.9 Å². The Bertz CT molecular complexity index is 1040. The Morgan fingerprint density at radius 1 is 1.15 bits per heavy atom. The van der Waals surface area contributed by atoms with Crippen molar-refractivity contribution in [3.63, 3.8) is 0 Å². The summed E-state index contributed by atoms with van der Waals surface area (Å²) in [5, 5.41) is 2.78. The van der Waals surface area contributed by atoms with Crippen LogP contribution in [0, 0.1) is 12.7 Å². The zero-order valence-electron chi connectivity index (χ0n) is 15.2. The average Bonchev–Trinajstić information content (AvgIpc) is 2.63. The number of halogens is 1. The van der Waals surface area contributed by atoms with Gasteiger partial charge in [0, 0.05) is 23.0 Å². The summed E-state index contributed by atoms with van der Waals surface area (Å²) in [6.45, 7) is 3.59. The fourth-order valence-corrected chi connectivity index (χ4v) is 2.80. The highest BCUT2D eigenvalue weighted by molar-refractivity contribution is 5.90. The van der Waals surface area contributed by atoms with Crippen LogP contribution in [0.1, 0.15) is 18.2 Å². The molecule has 1 N–H and O–H groups in total. The number of carbonyl (C=O) groups excluding carboxylic acids is 1. The number of aryl methyl sites for hydroxylation is 2. The van der Waals surface area contributed by atoms with Gasteiger partial charge < -0.3 is 5.32 Å². The molecule has 0 aliphatic heterocycles. The number of anilines is 1. The van der Waals surface area contributed by atoms with Crippen molar-refractivity contribution >= 4 is 11.6 Å². The number of rotatable bonds is 5. The van der Waals surface area contributed by atoms with Gasteiger partial charge in [-0.25, -0.2) is 9.37 Å². The molecule has 1 aromatic heterocycles. The molecule has 0 atom stereocenters. The summed E-state index contributed by atoms with van der Waals surface area (Å²) >= 11 is 0. The van der Waals surface area contributed by atoms with Crippen LogP contribution in [0.3, 0.4) is 0 Å². The molecule has 0 bridgehead atoms. The Balaban J connectivity index is 1.96. The second kappa shape index (κ2) is 7.95. The van der Waals surface area contributed by atoms with Crippen LogP contribution in [0.15, 0.2) is 59.4 Å². The highest BCUT2D eigenvalue weighted by Crippen LogP contribution is 2.18. The lowest BCUT2D eigenvalue weighted by Crippen LogP contribution is -2.30. The molecule has 138 valence electrons. The predicted octanol–water partition coefficient (Wildman–Crippen LogP) is 3.56. The van der Waals surface area contributed by atoms with Gasteiger partial charge in [-0.05, 0) is 43.2 Å². The summed E-state index contributed by atoms with van der Waals surface area (Å²) in [6, 6.07) is 14.6. The second-order valence-electron chi connectivity index (χ2n) is 6.28. The lowest BCUT2D eigenvalue weighted by molar-refractivity contribution is -0.116. The fraction of sp³-hybridized carbons (Fsp3) is 0.190. The Labute approximate surface area is 156 Å². The van der Waals surface area contributed by atoms with E-state index in [2.05, 4.69) is 10.3 Å². The highest BCUT2D eigenvalue weighted by atomic mass is 19.1. The van der Waals surface area contributed by atoms with Gasteiger partial charge in [-0.15, -0.1) is 0 Å². The maximum atomic E-state index is 13.7. The lowest BCUT2D eigenvalue weighted by atomic mass is 10.2. The van der Waals surface area contributed by atoms with Crippen molar-refractivity contribution in [1.29, 1.82) is 0 Å². The third kappa shape index (κ3) is 4.47. The van der Waals surface area contributed by atoms with Crippen LogP contribution in [0.25, 0.3) is 11.4 Å². The van der Waals surface area contributed by atoms with Crippen molar-refractivity contribution in [2.24, 2.45) is 0 Å². The number of carbonyl (C=O) groups is 1. The Morgan fingerprint density at radius 2 is 1.93 bits per heavy atom. The van der Waals surface area contributed by atoms with Crippen LogP contribution in [0.4, 0.5) is 10.1 Å². The SMILES string of the molecule is CCc1cc(=O)n(CC(=O)Nc2cccc(C)c2)c(-c2cccc(F)c2)n1. The van der Waals surface area contributed by atoms with E-state index in [9.17, 15) is 14.0 Å². The molecule has 0 aliphatic carbocycles. The number of benzene rings is 2. The number of hydrogen-bond donors (Lipinski definition) is 1. The van der Waals surface area contributed by atoms with Crippen molar-refractivity contribution in [1.82, 2.24) is 9.55 Å². The third-order valence-corrected chi connectivity index (χ3v) is 4.11. The minimum absolute atomic E-state index is 0.213. The van der Waals surface area contributed by atoms with E-state index in [1.54, 1.807) is 18.2 Å². The minimum Gasteiger partial charge on any atom is -0.325 e. The maximum Gasteiger partial charge on any atom is 0.254 e. The molecule has 0 spiro atoms. The van der Waals surface area contributed by atoms with Gasteiger partial charge in [-0.3, -0.25) is 14.2 Å². The van der Waals surface area contributed by atoms with Crippen molar-refractivity contribution in [2.45, 2.75) is 26.8 Å². The first-order chi connectivity index (χ1) is 13.0. The first-order valence-electron chi connectivity index (χ1n) is 8.69. The monoisotopic (exact) mass is 365 g/mol. The fourth-order valence-electron chi connectivity index (χ4n) is 2.80. The van der Waals surface area contributed by atoms with E-state index < -0.39 is 5.82 Å². The average molecular weight is 365 g/mol. The molecule has 0 fully saturated rings. The van der Waals surface area contributed by atoms with Gasteiger partial charge in [0.1, 0.15) is 18.2 Å². The molecular formula is C21H20FN3O2. The standard InChI is InChI=1S/C21H20FN3O2/c1-3-17-12-20(27)25(21(24-17)15-7-5-8-16(22)11-15)13-19(26)23-18-9-4-6-14(2)10-18/h4-12H,3,13H2,1-2H3,(H,23,26). The molecule has 0 aliphatic rings. The summed E-state index contributed by atoms with van der Waals surface area (Å²) in [5.41, 5.74) is 2.36. The normalized spacial score (nSPS) is 10.6. The minimum atomic E-state index is -0.431. The van der Waals surface area contributed by atoms with Gasteiger partial charge in [0.05, 0.1) is 0 Å². The third-order valence-electron chi connectivity index (χ3n) is 4.11. The highest BCUT2D eigenvalue weighted by Gasteiger charge is 2.14. The molecule has 5 nitrogen and oxygen atoms in total. The molecule has 2 aromatic carbocycles. The molecule has 6 heteroatoms. The summed E-state index contributed by atoms with van der Waals surface area (Å²) in [5.74, 6) is -0.510. The van der Waals surface area contributed by atoms with Crippen molar-refractivity contribution < 1.29 is 9.18 Å². The number of aromatic nitrogens is 2. The molecule has 1 heterocycles. The summed E-state index contributed by atoms with van der Waals surface area (Å²) in [7, 11) is 0. The van der Waals surface area contributed by atoms with Gasteiger partial charge in [0.25, 0.3) is 5.56 Å². The summed E-state index contributed by atoms with van der Waals surface area (Å²) in [4.78, 5) is 29.5. The van der Waals surface area contributed by atoms with E-state index >= 15 is 0 Å². The van der Waals surface area contributed by atoms with E-state index in [4.69, 9.17) is 0 Å². The lowest BCUT2D eigenvalue weighted by Gasteiger charge is -2.14. The van der Waals surface area contributed by atoms with Gasteiger partial charge in [0.15, 0.2) is 0 Å². The molecular weight excluding hydrogens is 345 g/mol. The zero-order valence-corrected chi connectivity index (χ0v) is 15.2. The number of nitrogens with one attached hydrogen (secondary N) is 1. The van der Waals surface area contributed by atoms with Crippen LogP contribution >= 0.6 is 0 Å². The van der Waals surface area contributed by atoms with Crippen LogP contribution in [-0.4, -0.2) is 15.5 Å². The first kappa shape index (κ1) is 18.5. The number of amides is 1. The van der Waals surface area contributed by atoms with Crippen molar-refractivity contribution in [3.05, 3.63) is 82.0 Å². The Kier molecular flexibility index (Phi) is 5.45. The molecule has 0 radical (unpaired) electrons. The molecule has 3 aromatic rings. The van der Waals surface area contributed by atoms with Crippen LogP contribution in [0.5, 0.6) is 0 Å². The second-order valence-corrected chi connectivity index (χ2v) is 6.28. The van der Waals surface area contributed by atoms with E-state index in [0.717, 1.165) is 5.56 Å². The number of hydrogen-bond acceptors (Lipinski definition) is 3. The largest absolute Gasteiger partial charge is 0.325 e. The Morgan fingerprint density at radius 3 is 2.63 bits per heavy atom. The van der Waals surface area contributed by atoms with E-state index in [0.29, 0.717) is 23.4 Å². The van der Waals surface area contributed by atoms with Gasteiger partial charge >= 0.3 is 0 Å². The molecule has 27 heavy (non-hydrogen) atoms. The molecule has 0 unspecified atom stereocenters. The predicted molar refractivity (Wildman–Crippen MR) is 103 cm³/mol. The van der Waals surface area contributed by atoms with E-state index in [1.165, 1.54) is 22.8 Å². The van der Waals surface area contributed by atoms with E-state index in [1.807, 2.05) is 32.0 Å². The summed E-state index contributed by atoms with van der Waals surface area (Å²) < 4.78 is 14.9. The maximum absolute atomic E-state index is 13.7. The van der Waals surface area contributed by atoms with Crippen molar-refractivity contribution in [2.75, 3.05) is 5.32 Å². The van der Waals surface area contributed by atoms with Gasteiger partial charge in [-0.1, -0.05) is 31.2 Å². The van der Waals surface area contributed by atoms with Gasteiger partial charge in [-0.2, -0.15) is 0 Å². The molecule has 1 amide bonds. The van der Waals surface area contributed by atoms with Crippen molar-refractivity contribution in [3.8, 4) is 11.4 Å². The number of nitrogens with zero attached hydrogens (tertiary/aromatic N) is 2. The molecule has 0 saturated heterocycles. The Hall–Kier alpha value is -3.28. The molecule has 3 rings (SSSR count). The smallest absolute Gasteiger partial charge is 0.254 e. The molecule has 0 saturated carbocycles. The first-order valence-corrected chi connectivity index (χ1v) is 8.69. The van der Waals surface area contributed by atoms with Gasteiger partial charge in [0.2, 0.25) is 5.91 Å². The summed E-state index contributed by atoms with van der Waals surface area (Å²) in [6.07, 6.45) is 0.563. The zero-order chi connectivity index (χ0) is 19.4. The topological polar surface area (TPSA) is 64.0 Å². The van der Waals surface area contributed by atoms with Crippen LogP contribution in [0.2, 0.25) is 0 Å². The van der Waals surface area contributed by atoms with Crippen LogP contribution in [-0.2, 0) is 17.8 Å².